The van der Waals surface area contributed by atoms with E-state index in [2.05, 4.69) is 0 Å². The summed E-state index contributed by atoms with van der Waals surface area (Å²) >= 11 is 0. The van der Waals surface area contributed by atoms with Gasteiger partial charge in [0.25, 0.3) is 0 Å². The van der Waals surface area contributed by atoms with E-state index in [1.807, 2.05) is 0 Å². The SMILES string of the molecule is OCC1O[C@H](O[C@H]2C(O)CC(O)OC2CO)CC(O)[C@@H]1O. The third-order valence-corrected chi connectivity index (χ3v) is 3.73. The molecule has 5 unspecified atom stereocenters. The van der Waals surface area contributed by atoms with Crippen molar-refractivity contribution in [3.05, 3.63) is 0 Å². The molecule has 2 fully saturated rings. The summed E-state index contributed by atoms with van der Waals surface area (Å²) in [5.74, 6) is 0. The van der Waals surface area contributed by atoms with Gasteiger partial charge in [0.15, 0.2) is 12.6 Å². The third kappa shape index (κ3) is 3.89. The Balaban J connectivity index is 1.99. The second-order valence-corrected chi connectivity index (χ2v) is 5.30. The summed E-state index contributed by atoms with van der Waals surface area (Å²) in [6.45, 7) is -0.968. The van der Waals surface area contributed by atoms with Crippen LogP contribution in [-0.4, -0.2) is 93.1 Å². The minimum absolute atomic E-state index is 0.0540. The highest BCUT2D eigenvalue weighted by Gasteiger charge is 2.43. The zero-order valence-corrected chi connectivity index (χ0v) is 11.4. The molecule has 0 aromatic heterocycles. The van der Waals surface area contributed by atoms with E-state index in [1.165, 1.54) is 0 Å². The Hall–Kier alpha value is -0.360. The van der Waals surface area contributed by atoms with Gasteiger partial charge >= 0.3 is 0 Å². The monoisotopic (exact) mass is 310 g/mol. The Bertz CT molecular complexity index is 328. The molecule has 0 amide bonds. The van der Waals surface area contributed by atoms with E-state index in [-0.39, 0.29) is 12.8 Å². The van der Waals surface area contributed by atoms with Crippen molar-refractivity contribution in [1.29, 1.82) is 0 Å². The van der Waals surface area contributed by atoms with Crippen molar-refractivity contribution in [3.63, 3.8) is 0 Å². The topological polar surface area (TPSA) is 149 Å². The maximum atomic E-state index is 9.92. The number of ether oxygens (including phenoxy) is 3. The second-order valence-electron chi connectivity index (χ2n) is 5.30. The lowest BCUT2D eigenvalue weighted by atomic mass is 10.00. The van der Waals surface area contributed by atoms with Crippen molar-refractivity contribution in [1.82, 2.24) is 0 Å². The largest absolute Gasteiger partial charge is 0.394 e. The van der Waals surface area contributed by atoms with Crippen LogP contribution in [0.2, 0.25) is 0 Å². The van der Waals surface area contributed by atoms with Crippen molar-refractivity contribution >= 4 is 0 Å². The summed E-state index contributed by atoms with van der Waals surface area (Å²) in [6.07, 6.45) is -8.64. The number of hydrogen-bond acceptors (Lipinski definition) is 9. The van der Waals surface area contributed by atoms with Crippen LogP contribution in [-0.2, 0) is 14.2 Å². The predicted molar refractivity (Wildman–Crippen MR) is 65.8 cm³/mol. The normalized spacial score (nSPS) is 48.3. The molecule has 0 aliphatic carbocycles. The lowest BCUT2D eigenvalue weighted by Gasteiger charge is -2.42. The Morgan fingerprint density at radius 3 is 2.14 bits per heavy atom. The van der Waals surface area contributed by atoms with Gasteiger partial charge in [-0.3, -0.25) is 0 Å². The molecular weight excluding hydrogens is 288 g/mol. The van der Waals surface area contributed by atoms with Crippen LogP contribution in [0.25, 0.3) is 0 Å². The summed E-state index contributed by atoms with van der Waals surface area (Å²) < 4.78 is 15.9. The molecule has 2 rings (SSSR count). The molecule has 2 aliphatic heterocycles. The molecule has 0 radical (unpaired) electrons. The van der Waals surface area contributed by atoms with E-state index in [9.17, 15) is 25.5 Å². The van der Waals surface area contributed by atoms with Gasteiger partial charge in [-0.25, -0.2) is 0 Å². The van der Waals surface area contributed by atoms with Crippen molar-refractivity contribution in [2.45, 2.75) is 62.0 Å². The first kappa shape index (κ1) is 17.0. The van der Waals surface area contributed by atoms with E-state index >= 15 is 0 Å². The van der Waals surface area contributed by atoms with E-state index in [0.29, 0.717) is 0 Å². The summed E-state index contributed by atoms with van der Waals surface area (Å²) in [5.41, 5.74) is 0. The standard InChI is InChI=1S/C12H22O9/c13-3-7-11(18)5(15)2-10(20-7)21-12-6(16)1-9(17)19-8(12)4-14/h5-18H,1-4H2/t5?,6?,7?,8?,9?,10-,11+,12+/m1/s1. The molecule has 0 spiro atoms. The van der Waals surface area contributed by atoms with E-state index in [1.54, 1.807) is 0 Å². The molecule has 0 bridgehead atoms. The first-order valence-electron chi connectivity index (χ1n) is 6.86. The summed E-state index contributed by atoms with van der Waals surface area (Å²) in [6, 6.07) is 0. The van der Waals surface area contributed by atoms with E-state index in [0.717, 1.165) is 0 Å². The fourth-order valence-electron chi connectivity index (χ4n) is 2.58. The maximum Gasteiger partial charge on any atom is 0.161 e. The highest BCUT2D eigenvalue weighted by molar-refractivity contribution is 4.87. The molecule has 124 valence electrons. The average molecular weight is 310 g/mol. The summed E-state index contributed by atoms with van der Waals surface area (Å²) in [5, 5.41) is 56.9. The van der Waals surface area contributed by atoms with Gasteiger partial charge in [0.1, 0.15) is 24.4 Å². The zero-order chi connectivity index (χ0) is 15.6. The molecule has 2 heterocycles. The number of aliphatic hydroxyl groups is 6. The van der Waals surface area contributed by atoms with Gasteiger partial charge in [-0.2, -0.15) is 0 Å². The molecule has 2 aliphatic rings. The van der Waals surface area contributed by atoms with E-state index in [4.69, 9.17) is 19.3 Å². The molecule has 9 nitrogen and oxygen atoms in total. The molecule has 0 aromatic rings. The van der Waals surface area contributed by atoms with Crippen molar-refractivity contribution in [3.8, 4) is 0 Å². The first-order chi connectivity index (χ1) is 9.96. The minimum atomic E-state index is -1.22. The van der Waals surface area contributed by atoms with Crippen LogP contribution in [0.3, 0.4) is 0 Å². The van der Waals surface area contributed by atoms with Gasteiger partial charge in [0.2, 0.25) is 0 Å². The summed E-state index contributed by atoms with van der Waals surface area (Å²) in [7, 11) is 0. The fraction of sp³-hybridized carbons (Fsp3) is 1.00. The van der Waals surface area contributed by atoms with Crippen molar-refractivity contribution in [2.75, 3.05) is 13.2 Å². The Labute approximate surface area is 121 Å². The van der Waals surface area contributed by atoms with Gasteiger partial charge in [-0.15, -0.1) is 0 Å². The van der Waals surface area contributed by atoms with Crippen LogP contribution < -0.4 is 0 Å². The Kier molecular flexibility index (Phi) is 5.88. The lowest BCUT2D eigenvalue weighted by molar-refractivity contribution is -0.316. The Morgan fingerprint density at radius 2 is 1.52 bits per heavy atom. The predicted octanol–water partition coefficient (Wildman–Crippen LogP) is -3.34. The smallest absolute Gasteiger partial charge is 0.161 e. The van der Waals surface area contributed by atoms with Crippen LogP contribution in [0.5, 0.6) is 0 Å². The Morgan fingerprint density at radius 1 is 0.857 bits per heavy atom. The molecule has 0 aromatic carbocycles. The molecule has 21 heavy (non-hydrogen) atoms. The van der Waals surface area contributed by atoms with Gasteiger partial charge in [0.05, 0.1) is 25.4 Å². The molecule has 9 heteroatoms. The van der Waals surface area contributed by atoms with Gasteiger partial charge in [0, 0.05) is 12.8 Å². The molecule has 6 N–H and O–H groups in total. The second kappa shape index (κ2) is 7.27. The maximum absolute atomic E-state index is 9.92. The van der Waals surface area contributed by atoms with E-state index < -0.39 is 62.4 Å². The first-order valence-corrected chi connectivity index (χ1v) is 6.86. The van der Waals surface area contributed by atoms with Gasteiger partial charge in [-0.1, -0.05) is 0 Å². The molecule has 0 saturated carbocycles. The van der Waals surface area contributed by atoms with Crippen LogP contribution in [0.15, 0.2) is 0 Å². The lowest BCUT2D eigenvalue weighted by Crippen LogP contribution is -2.56. The minimum Gasteiger partial charge on any atom is -0.394 e. The summed E-state index contributed by atoms with van der Waals surface area (Å²) in [4.78, 5) is 0. The molecule has 8 atom stereocenters. The van der Waals surface area contributed by atoms with Crippen LogP contribution in [0.4, 0.5) is 0 Å². The van der Waals surface area contributed by atoms with Gasteiger partial charge < -0.3 is 44.8 Å². The quantitative estimate of drug-likeness (QED) is 0.313. The molecule has 2 saturated heterocycles. The van der Waals surface area contributed by atoms with Crippen LogP contribution >= 0.6 is 0 Å². The van der Waals surface area contributed by atoms with Crippen molar-refractivity contribution < 1.29 is 44.8 Å². The van der Waals surface area contributed by atoms with Crippen LogP contribution in [0.1, 0.15) is 12.8 Å². The van der Waals surface area contributed by atoms with Gasteiger partial charge in [-0.05, 0) is 0 Å². The highest BCUT2D eigenvalue weighted by atomic mass is 16.7. The average Bonchev–Trinajstić information content (AvgIpc) is 2.45. The zero-order valence-electron chi connectivity index (χ0n) is 11.4. The number of hydrogen-bond donors (Lipinski definition) is 6. The molecular formula is C12H22O9. The fourth-order valence-corrected chi connectivity index (χ4v) is 2.58. The number of rotatable bonds is 4. The number of aliphatic hydroxyl groups excluding tert-OH is 6. The highest BCUT2D eigenvalue weighted by Crippen LogP contribution is 2.27. The third-order valence-electron chi connectivity index (χ3n) is 3.73. The van der Waals surface area contributed by atoms with Crippen molar-refractivity contribution in [2.24, 2.45) is 0 Å². The van der Waals surface area contributed by atoms with Crippen LogP contribution in [0, 0.1) is 0 Å².